The van der Waals surface area contributed by atoms with Crippen LogP contribution in [0.4, 0.5) is 0 Å². The molecule has 0 radical (unpaired) electrons. The Labute approximate surface area is 305 Å². The number of rotatable bonds is 20. The lowest BCUT2D eigenvalue weighted by molar-refractivity contribution is 0.0489. The first kappa shape index (κ1) is 37.9. The van der Waals surface area contributed by atoms with Gasteiger partial charge in [-0.15, -0.1) is 0 Å². The highest BCUT2D eigenvalue weighted by Gasteiger charge is 2.24. The molecular formula is C41H47N3O8. The fourth-order valence-corrected chi connectivity index (χ4v) is 5.89. The maximum atomic E-state index is 13.0. The Kier molecular flexibility index (Phi) is 13.7. The molecule has 1 heterocycles. The maximum Gasteiger partial charge on any atom is 0.203 e. The second-order valence-electron chi connectivity index (χ2n) is 11.8. The number of hydrogen-bond acceptors (Lipinski definition) is 10. The Bertz CT molecular complexity index is 1860. The number of ether oxygens (including phenoxy) is 7. The average Bonchev–Trinajstić information content (AvgIpc) is 3.57. The van der Waals surface area contributed by atoms with E-state index in [0.29, 0.717) is 81.0 Å². The predicted octanol–water partition coefficient (Wildman–Crippen LogP) is 6.93. The van der Waals surface area contributed by atoms with Gasteiger partial charge in [-0.05, 0) is 72.6 Å². The first-order valence-corrected chi connectivity index (χ1v) is 17.1. The van der Waals surface area contributed by atoms with Gasteiger partial charge < -0.3 is 43.5 Å². The molecule has 0 aliphatic heterocycles. The van der Waals surface area contributed by atoms with Gasteiger partial charge >= 0.3 is 0 Å². The number of imidazole rings is 1. The summed E-state index contributed by atoms with van der Waals surface area (Å²) in [6, 6.07) is 27.3. The van der Waals surface area contributed by atoms with Gasteiger partial charge in [-0.1, -0.05) is 24.3 Å². The maximum absolute atomic E-state index is 13.0. The molecule has 0 saturated carbocycles. The van der Waals surface area contributed by atoms with Gasteiger partial charge in [0.2, 0.25) is 5.75 Å². The zero-order valence-electron chi connectivity index (χ0n) is 30.5. The van der Waals surface area contributed by atoms with Crippen molar-refractivity contribution in [2.45, 2.75) is 19.4 Å². The highest BCUT2D eigenvalue weighted by atomic mass is 16.5. The van der Waals surface area contributed by atoms with Gasteiger partial charge in [0.1, 0.15) is 17.3 Å². The van der Waals surface area contributed by atoms with Gasteiger partial charge in [0, 0.05) is 48.4 Å². The van der Waals surface area contributed by atoms with Crippen molar-refractivity contribution in [3.63, 3.8) is 0 Å². The second-order valence-corrected chi connectivity index (χ2v) is 11.8. The summed E-state index contributed by atoms with van der Waals surface area (Å²) in [5, 5.41) is 0. The minimum atomic E-state index is 0.0657. The third-order valence-electron chi connectivity index (χ3n) is 8.56. The minimum absolute atomic E-state index is 0.0657. The van der Waals surface area contributed by atoms with E-state index in [1.165, 1.54) is 0 Å². The zero-order chi connectivity index (χ0) is 36.9. The Morgan fingerprint density at radius 1 is 0.654 bits per heavy atom. The molecule has 11 nitrogen and oxygen atoms in total. The zero-order valence-corrected chi connectivity index (χ0v) is 30.5. The molecule has 5 aromatic rings. The summed E-state index contributed by atoms with van der Waals surface area (Å²) in [5.74, 6) is 3.75. The smallest absolute Gasteiger partial charge is 0.203 e. The lowest BCUT2D eigenvalue weighted by Gasteiger charge is -2.17. The number of carbonyl (C=O) groups is 1. The first-order chi connectivity index (χ1) is 25.4. The number of carbonyl (C=O) groups excluding carboxylic acids is 1. The van der Waals surface area contributed by atoms with Gasteiger partial charge in [-0.2, -0.15) is 0 Å². The van der Waals surface area contributed by atoms with Crippen LogP contribution in [0.2, 0.25) is 0 Å². The Morgan fingerprint density at radius 3 is 1.77 bits per heavy atom. The molecule has 52 heavy (non-hydrogen) atoms. The molecule has 0 aliphatic carbocycles. The van der Waals surface area contributed by atoms with Gasteiger partial charge in [-0.25, -0.2) is 4.98 Å². The number of hydrogen-bond donors (Lipinski definition) is 1. The molecule has 0 atom stereocenters. The molecule has 5 rings (SSSR count). The number of benzene rings is 4. The van der Waals surface area contributed by atoms with E-state index in [1.807, 2.05) is 84.9 Å². The second kappa shape index (κ2) is 18.8. The Morgan fingerprint density at radius 2 is 1.23 bits per heavy atom. The van der Waals surface area contributed by atoms with Crippen LogP contribution in [-0.2, 0) is 16.0 Å². The van der Waals surface area contributed by atoms with Gasteiger partial charge in [0.15, 0.2) is 17.3 Å². The molecule has 0 saturated heterocycles. The highest BCUT2D eigenvalue weighted by molar-refractivity contribution is 5.96. The van der Waals surface area contributed by atoms with Crippen molar-refractivity contribution in [3.05, 3.63) is 96.1 Å². The summed E-state index contributed by atoms with van der Waals surface area (Å²) in [4.78, 5) is 18.3. The molecule has 0 amide bonds. The van der Waals surface area contributed by atoms with Crippen LogP contribution in [0, 0.1) is 0 Å². The number of ketones is 1. The summed E-state index contributed by atoms with van der Waals surface area (Å²) in [7, 11) is 8.05. The van der Waals surface area contributed by atoms with Crippen LogP contribution in [0.15, 0.2) is 84.9 Å². The largest absolute Gasteiger partial charge is 0.497 e. The third-order valence-corrected chi connectivity index (χ3v) is 8.56. The monoisotopic (exact) mass is 709 g/mol. The SMILES string of the molecule is COc1ccc(-c2nc(-c3cc(OC)c(OC)c(OC)c3)n(Cc3ccc(C(=O)CCCOCCOCCN)cc3)c2-c2ccc(OC)cc2)cc1. The average molecular weight is 710 g/mol. The fraction of sp³-hybridized carbons (Fsp3) is 0.317. The third kappa shape index (κ3) is 9.10. The van der Waals surface area contributed by atoms with Gasteiger partial charge in [0.05, 0.1) is 66.8 Å². The van der Waals surface area contributed by atoms with Crippen LogP contribution in [0.3, 0.4) is 0 Å². The highest BCUT2D eigenvalue weighted by Crippen LogP contribution is 2.44. The van der Waals surface area contributed by atoms with E-state index in [0.717, 1.165) is 45.1 Å². The van der Waals surface area contributed by atoms with Crippen molar-refractivity contribution in [2.75, 3.05) is 68.5 Å². The molecule has 0 unspecified atom stereocenters. The van der Waals surface area contributed by atoms with Crippen molar-refractivity contribution in [1.29, 1.82) is 0 Å². The van der Waals surface area contributed by atoms with Crippen LogP contribution in [0.5, 0.6) is 28.7 Å². The van der Waals surface area contributed by atoms with Crippen LogP contribution < -0.4 is 29.4 Å². The Hall–Kier alpha value is -5.36. The van der Waals surface area contributed by atoms with Gasteiger partial charge in [-0.3, -0.25) is 4.79 Å². The summed E-state index contributed by atoms with van der Waals surface area (Å²) in [6.45, 7) is 2.91. The van der Waals surface area contributed by atoms with E-state index in [2.05, 4.69) is 4.57 Å². The van der Waals surface area contributed by atoms with Crippen LogP contribution in [-0.4, -0.2) is 83.9 Å². The Balaban J connectivity index is 1.54. The van der Waals surface area contributed by atoms with Gasteiger partial charge in [0.25, 0.3) is 0 Å². The molecule has 0 bridgehead atoms. The molecule has 0 fully saturated rings. The van der Waals surface area contributed by atoms with E-state index in [9.17, 15) is 4.79 Å². The van der Waals surface area contributed by atoms with Crippen LogP contribution >= 0.6 is 0 Å². The number of nitrogens with zero attached hydrogens (tertiary/aromatic N) is 2. The molecule has 11 heteroatoms. The molecule has 0 aliphatic rings. The van der Waals surface area contributed by atoms with Crippen LogP contribution in [0.1, 0.15) is 28.8 Å². The minimum Gasteiger partial charge on any atom is -0.497 e. The number of aromatic nitrogens is 2. The first-order valence-electron chi connectivity index (χ1n) is 17.1. The molecule has 1 aromatic heterocycles. The van der Waals surface area contributed by atoms with E-state index in [1.54, 1.807) is 35.5 Å². The van der Waals surface area contributed by atoms with E-state index in [4.69, 9.17) is 43.9 Å². The molecule has 2 N–H and O–H groups in total. The number of methoxy groups -OCH3 is 5. The van der Waals surface area contributed by atoms with E-state index >= 15 is 0 Å². The normalized spacial score (nSPS) is 11.0. The summed E-state index contributed by atoms with van der Waals surface area (Å²) >= 11 is 0. The molecule has 0 spiro atoms. The quantitative estimate of drug-likeness (QED) is 0.0672. The van der Waals surface area contributed by atoms with Crippen molar-refractivity contribution in [2.24, 2.45) is 5.73 Å². The van der Waals surface area contributed by atoms with Crippen molar-refractivity contribution < 1.29 is 38.0 Å². The fourth-order valence-electron chi connectivity index (χ4n) is 5.89. The summed E-state index contributed by atoms with van der Waals surface area (Å²) < 4.78 is 41.1. The van der Waals surface area contributed by atoms with Crippen molar-refractivity contribution in [3.8, 4) is 62.7 Å². The predicted molar refractivity (Wildman–Crippen MR) is 201 cm³/mol. The standard InChI is InChI=1S/C41H47N3O8/c1-46-33-16-12-30(13-17-33)38-39(31-14-18-34(47-2)19-15-31)44(41(43-38)32-25-36(48-3)40(50-5)37(26-32)49-4)27-28-8-10-29(11-9-28)35(45)7-6-21-51-23-24-52-22-20-42/h8-19,25-26H,6-7,20-24,27,42H2,1-5H3. The molecular weight excluding hydrogens is 662 g/mol. The lowest BCUT2D eigenvalue weighted by Crippen LogP contribution is -2.12. The lowest BCUT2D eigenvalue weighted by atomic mass is 10.0. The topological polar surface area (TPSA) is 126 Å². The molecule has 274 valence electrons. The van der Waals surface area contributed by atoms with E-state index in [-0.39, 0.29) is 5.78 Å². The van der Waals surface area contributed by atoms with Crippen LogP contribution in [0.25, 0.3) is 33.9 Å². The number of nitrogens with two attached hydrogens (primary N) is 1. The van der Waals surface area contributed by atoms with Crippen molar-refractivity contribution in [1.82, 2.24) is 9.55 Å². The van der Waals surface area contributed by atoms with E-state index < -0.39 is 0 Å². The summed E-state index contributed by atoms with van der Waals surface area (Å²) in [6.07, 6.45) is 1.02. The van der Waals surface area contributed by atoms with Crippen molar-refractivity contribution >= 4 is 5.78 Å². The summed E-state index contributed by atoms with van der Waals surface area (Å²) in [5.41, 5.74) is 11.4. The molecule has 4 aromatic carbocycles. The number of Topliss-reactive ketones (excluding diaryl/α,β-unsaturated/α-hetero) is 1.